The van der Waals surface area contributed by atoms with E-state index in [9.17, 15) is 0 Å². The van der Waals surface area contributed by atoms with Crippen LogP contribution >= 0.6 is 11.3 Å². The number of fused-ring (bicyclic) bond motifs is 11. The van der Waals surface area contributed by atoms with Gasteiger partial charge in [-0.1, -0.05) is 146 Å². The minimum absolute atomic E-state index is 0.894. The Bertz CT molecular complexity index is 3770. The lowest BCUT2D eigenvalue weighted by Gasteiger charge is -2.32. The van der Waals surface area contributed by atoms with Gasteiger partial charge in [0.25, 0.3) is 0 Å². The highest BCUT2D eigenvalue weighted by molar-refractivity contribution is 7.26. The molecule has 9 aromatic carbocycles. The Kier molecular flexibility index (Phi) is 7.91. The Balaban J connectivity index is 1.04. The van der Waals surface area contributed by atoms with Gasteiger partial charge >= 0.3 is 0 Å². The van der Waals surface area contributed by atoms with Crippen molar-refractivity contribution >= 4 is 103 Å². The summed E-state index contributed by atoms with van der Waals surface area (Å²) in [6.07, 6.45) is 6.56. The van der Waals surface area contributed by atoms with E-state index in [1.54, 1.807) is 0 Å². The number of nitrogens with zero attached hydrogens (tertiary/aromatic N) is 2. The van der Waals surface area contributed by atoms with Crippen molar-refractivity contribution in [2.45, 2.75) is 12.8 Å². The van der Waals surface area contributed by atoms with Gasteiger partial charge in [0.2, 0.25) is 0 Å². The number of rotatable bonds is 6. The van der Waals surface area contributed by atoms with Crippen molar-refractivity contribution in [3.63, 3.8) is 0 Å². The first-order chi connectivity index (χ1) is 30.8. The molecule has 0 aliphatic heterocycles. The summed E-state index contributed by atoms with van der Waals surface area (Å²) in [5.41, 5.74) is 13.7. The zero-order valence-corrected chi connectivity index (χ0v) is 34.6. The van der Waals surface area contributed by atoms with E-state index in [-0.39, 0.29) is 0 Å². The minimum atomic E-state index is 0.894. The molecular formula is C58H38N2OS. The Morgan fingerprint density at radius 3 is 2.02 bits per heavy atom. The molecule has 0 unspecified atom stereocenters. The lowest BCUT2D eigenvalue weighted by molar-refractivity contribution is 0.672. The fourth-order valence-corrected chi connectivity index (χ4v) is 11.3. The van der Waals surface area contributed by atoms with E-state index in [1.807, 2.05) is 11.3 Å². The second kappa shape index (κ2) is 14.0. The van der Waals surface area contributed by atoms with Gasteiger partial charge in [0, 0.05) is 64.1 Å². The minimum Gasteiger partial charge on any atom is -0.455 e. The highest BCUT2D eigenvalue weighted by Crippen LogP contribution is 2.46. The fourth-order valence-electron chi connectivity index (χ4n) is 10.0. The van der Waals surface area contributed by atoms with Crippen LogP contribution in [0.3, 0.4) is 0 Å². The summed E-state index contributed by atoms with van der Waals surface area (Å²) in [5.74, 6) is 0. The molecule has 0 radical (unpaired) electrons. The molecule has 3 aromatic heterocycles. The SMILES string of the molecule is C1=CC(N(c2ccc(-c3cccc4c3sc3ccccc34)cc2)c2ccccc2-c2ccc3oc4c5ccccc5ccc4c3c2)=C(n2c3ccccc3c3ccccc32)CC1. The zero-order valence-electron chi connectivity index (χ0n) is 33.8. The third-order valence-corrected chi connectivity index (χ3v) is 14.1. The molecule has 4 heteroatoms. The number of aromatic nitrogens is 1. The third kappa shape index (κ3) is 5.37. The van der Waals surface area contributed by atoms with E-state index in [2.05, 4.69) is 216 Å². The Morgan fingerprint density at radius 2 is 1.18 bits per heavy atom. The van der Waals surface area contributed by atoms with Crippen LogP contribution in [0.15, 0.2) is 216 Å². The summed E-state index contributed by atoms with van der Waals surface area (Å²) >= 11 is 1.88. The lowest BCUT2D eigenvalue weighted by Crippen LogP contribution is -2.20. The molecule has 0 N–H and O–H groups in total. The molecule has 13 rings (SSSR count). The van der Waals surface area contributed by atoms with Crippen LogP contribution in [-0.2, 0) is 0 Å². The normalized spacial score (nSPS) is 13.2. The molecule has 0 fully saturated rings. The van der Waals surface area contributed by atoms with Crippen LogP contribution in [0.25, 0.3) is 103 Å². The summed E-state index contributed by atoms with van der Waals surface area (Å²) in [5, 5.41) is 9.73. The van der Waals surface area contributed by atoms with Gasteiger partial charge in [-0.3, -0.25) is 0 Å². The van der Waals surface area contributed by atoms with Crippen LogP contribution in [0.5, 0.6) is 0 Å². The second-order valence-electron chi connectivity index (χ2n) is 16.3. The Labute approximate surface area is 362 Å². The number of benzene rings is 9. The summed E-state index contributed by atoms with van der Waals surface area (Å²) < 4.78 is 11.7. The molecular weight excluding hydrogens is 773 g/mol. The molecule has 0 atom stereocenters. The summed E-state index contributed by atoms with van der Waals surface area (Å²) in [6.45, 7) is 0. The topological polar surface area (TPSA) is 21.3 Å². The highest BCUT2D eigenvalue weighted by atomic mass is 32.1. The predicted molar refractivity (Wildman–Crippen MR) is 265 cm³/mol. The van der Waals surface area contributed by atoms with Crippen LogP contribution in [0.2, 0.25) is 0 Å². The molecule has 0 spiro atoms. The van der Waals surface area contributed by atoms with Gasteiger partial charge < -0.3 is 13.9 Å². The van der Waals surface area contributed by atoms with Gasteiger partial charge in [-0.25, -0.2) is 0 Å². The Hall–Kier alpha value is -7.66. The van der Waals surface area contributed by atoms with Crippen LogP contribution in [-0.4, -0.2) is 4.57 Å². The fraction of sp³-hybridized carbons (Fsp3) is 0.0345. The van der Waals surface area contributed by atoms with E-state index in [4.69, 9.17) is 4.42 Å². The van der Waals surface area contributed by atoms with Crippen molar-refractivity contribution in [3.8, 4) is 22.3 Å². The number of para-hydroxylation sites is 3. The first-order valence-electron chi connectivity index (χ1n) is 21.4. The monoisotopic (exact) mass is 810 g/mol. The first kappa shape index (κ1) is 35.1. The lowest BCUT2D eigenvalue weighted by atomic mass is 9.97. The summed E-state index contributed by atoms with van der Waals surface area (Å²) in [4.78, 5) is 2.50. The molecule has 1 aliphatic carbocycles. The van der Waals surface area contributed by atoms with E-state index in [1.165, 1.54) is 64.2 Å². The molecule has 3 nitrogen and oxygen atoms in total. The van der Waals surface area contributed by atoms with Crippen LogP contribution in [0, 0.1) is 0 Å². The van der Waals surface area contributed by atoms with E-state index in [0.29, 0.717) is 0 Å². The summed E-state index contributed by atoms with van der Waals surface area (Å²) in [6, 6.07) is 70.9. The zero-order chi connectivity index (χ0) is 40.7. The molecule has 292 valence electrons. The third-order valence-electron chi connectivity index (χ3n) is 12.9. The number of thiophene rings is 1. The first-order valence-corrected chi connectivity index (χ1v) is 22.2. The summed E-state index contributed by atoms with van der Waals surface area (Å²) in [7, 11) is 0. The molecule has 12 aromatic rings. The number of hydrogen-bond donors (Lipinski definition) is 0. The quantitative estimate of drug-likeness (QED) is 0.167. The standard InChI is InChI=1S/C58H38N2OS/c1-2-16-42-37(14-1)30-34-47-49-36-39(31-35-55(49)61-57(42)47)41-15-3-7-22-50(41)59(40-32-28-38(29-33-40)43-20-13-21-48-46-19-6-12-27-56(46)62-58(43)48)53-25-10-11-26-54(53)60-51-23-8-4-17-44(51)45-18-5-9-24-52(45)60/h1-10,12-25,27-36H,11,26H2. The number of anilines is 2. The molecule has 62 heavy (non-hydrogen) atoms. The largest absolute Gasteiger partial charge is 0.455 e. The van der Waals surface area contributed by atoms with Gasteiger partial charge in [-0.2, -0.15) is 0 Å². The van der Waals surface area contributed by atoms with Crippen molar-refractivity contribution in [2.24, 2.45) is 0 Å². The van der Waals surface area contributed by atoms with Gasteiger partial charge in [0.1, 0.15) is 11.2 Å². The number of furan rings is 1. The Morgan fingerprint density at radius 1 is 0.500 bits per heavy atom. The van der Waals surface area contributed by atoms with Crippen LogP contribution in [0.4, 0.5) is 11.4 Å². The number of hydrogen-bond acceptors (Lipinski definition) is 3. The van der Waals surface area contributed by atoms with Gasteiger partial charge in [0.15, 0.2) is 0 Å². The van der Waals surface area contributed by atoms with E-state index < -0.39 is 0 Å². The smallest absolute Gasteiger partial charge is 0.143 e. The van der Waals surface area contributed by atoms with Crippen molar-refractivity contribution in [2.75, 3.05) is 4.90 Å². The molecule has 0 saturated carbocycles. The maximum Gasteiger partial charge on any atom is 0.143 e. The molecule has 1 aliphatic rings. The van der Waals surface area contributed by atoms with E-state index in [0.717, 1.165) is 68.4 Å². The molecule has 0 saturated heterocycles. The molecule has 3 heterocycles. The van der Waals surface area contributed by atoms with Crippen LogP contribution in [0.1, 0.15) is 12.8 Å². The molecule has 0 amide bonds. The van der Waals surface area contributed by atoms with Crippen molar-refractivity contribution in [1.29, 1.82) is 0 Å². The number of allylic oxidation sites excluding steroid dienone is 3. The maximum absolute atomic E-state index is 6.59. The van der Waals surface area contributed by atoms with Crippen molar-refractivity contribution in [1.82, 2.24) is 4.57 Å². The predicted octanol–water partition coefficient (Wildman–Crippen LogP) is 16.9. The van der Waals surface area contributed by atoms with E-state index >= 15 is 0 Å². The van der Waals surface area contributed by atoms with Gasteiger partial charge in [0.05, 0.1) is 22.4 Å². The highest BCUT2D eigenvalue weighted by Gasteiger charge is 2.26. The second-order valence-corrected chi connectivity index (χ2v) is 17.4. The van der Waals surface area contributed by atoms with Gasteiger partial charge in [-0.05, 0) is 95.6 Å². The van der Waals surface area contributed by atoms with Crippen molar-refractivity contribution in [3.05, 3.63) is 212 Å². The van der Waals surface area contributed by atoms with Gasteiger partial charge in [-0.15, -0.1) is 11.3 Å². The average Bonchev–Trinajstić information content (AvgIpc) is 4.02. The van der Waals surface area contributed by atoms with Crippen molar-refractivity contribution < 1.29 is 4.42 Å². The average molecular weight is 811 g/mol. The molecule has 0 bridgehead atoms. The van der Waals surface area contributed by atoms with Crippen LogP contribution < -0.4 is 4.90 Å². The maximum atomic E-state index is 6.59.